The molecule has 1 fully saturated rings. The first-order chi connectivity index (χ1) is 8.63. The third-order valence-corrected chi connectivity index (χ3v) is 5.79. The second-order valence-electron chi connectivity index (χ2n) is 5.14. The summed E-state index contributed by atoms with van der Waals surface area (Å²) in [6.07, 6.45) is 2.66. The number of nitrogens with one attached hydrogen (secondary N) is 1. The van der Waals surface area contributed by atoms with Crippen LogP contribution >= 0.6 is 27.3 Å². The summed E-state index contributed by atoms with van der Waals surface area (Å²) in [7, 11) is 0. The van der Waals surface area contributed by atoms with Gasteiger partial charge in [0.25, 0.3) is 0 Å². The molecular weight excluding hydrogens is 310 g/mol. The molecule has 102 valence electrons. The molecule has 1 aliphatic rings. The van der Waals surface area contributed by atoms with Crippen LogP contribution in [-0.4, -0.2) is 19.3 Å². The predicted molar refractivity (Wildman–Crippen MR) is 81.3 cm³/mol. The van der Waals surface area contributed by atoms with Crippen molar-refractivity contribution in [3.63, 3.8) is 0 Å². The summed E-state index contributed by atoms with van der Waals surface area (Å²) in [6, 6.07) is 2.63. The van der Waals surface area contributed by atoms with Gasteiger partial charge in [0.2, 0.25) is 0 Å². The molecule has 0 bridgehead atoms. The van der Waals surface area contributed by atoms with Crippen molar-refractivity contribution in [2.45, 2.75) is 45.8 Å². The van der Waals surface area contributed by atoms with Crippen LogP contribution in [0.2, 0.25) is 0 Å². The number of hydrogen-bond acceptors (Lipinski definition) is 3. The molecule has 0 amide bonds. The van der Waals surface area contributed by atoms with Crippen LogP contribution in [0.3, 0.4) is 0 Å². The summed E-state index contributed by atoms with van der Waals surface area (Å²) < 4.78 is 7.20. The Morgan fingerprint density at radius 2 is 2.39 bits per heavy atom. The molecule has 1 aromatic heterocycles. The van der Waals surface area contributed by atoms with Gasteiger partial charge in [-0.1, -0.05) is 13.8 Å². The Labute approximate surface area is 122 Å². The van der Waals surface area contributed by atoms with Gasteiger partial charge in [-0.15, -0.1) is 11.3 Å². The summed E-state index contributed by atoms with van der Waals surface area (Å²) in [6.45, 7) is 8.61. The van der Waals surface area contributed by atoms with Crippen molar-refractivity contribution in [2.24, 2.45) is 5.92 Å². The lowest BCUT2D eigenvalue weighted by atomic mass is 9.96. The second kappa shape index (κ2) is 6.51. The highest BCUT2D eigenvalue weighted by Crippen LogP contribution is 2.37. The van der Waals surface area contributed by atoms with E-state index < -0.39 is 0 Å². The quantitative estimate of drug-likeness (QED) is 0.869. The van der Waals surface area contributed by atoms with Gasteiger partial charge in [0, 0.05) is 11.5 Å². The Morgan fingerprint density at radius 3 is 2.89 bits per heavy atom. The van der Waals surface area contributed by atoms with Crippen LogP contribution in [0.5, 0.6) is 0 Å². The van der Waals surface area contributed by atoms with E-state index in [-0.39, 0.29) is 0 Å². The Balaban J connectivity index is 2.18. The van der Waals surface area contributed by atoms with Gasteiger partial charge in [-0.25, -0.2) is 0 Å². The van der Waals surface area contributed by atoms with Gasteiger partial charge >= 0.3 is 0 Å². The molecule has 4 heteroatoms. The highest BCUT2D eigenvalue weighted by atomic mass is 79.9. The van der Waals surface area contributed by atoms with E-state index in [1.807, 2.05) is 11.3 Å². The lowest BCUT2D eigenvalue weighted by molar-refractivity contribution is 0.0617. The summed E-state index contributed by atoms with van der Waals surface area (Å²) in [5.74, 6) is 0.639. The molecular formula is C14H22BrNOS. The first-order valence-electron chi connectivity index (χ1n) is 6.74. The maximum Gasteiger partial charge on any atom is 0.0804 e. The fourth-order valence-electron chi connectivity index (χ4n) is 2.46. The van der Waals surface area contributed by atoms with Crippen LogP contribution in [0, 0.1) is 12.8 Å². The van der Waals surface area contributed by atoms with Gasteiger partial charge in [-0.3, -0.25) is 0 Å². The minimum Gasteiger partial charge on any atom is -0.376 e. The van der Waals surface area contributed by atoms with Crippen molar-refractivity contribution in [3.05, 3.63) is 20.3 Å². The van der Waals surface area contributed by atoms with Crippen LogP contribution in [0.25, 0.3) is 0 Å². The van der Waals surface area contributed by atoms with Crippen LogP contribution < -0.4 is 5.32 Å². The van der Waals surface area contributed by atoms with Gasteiger partial charge in [0.1, 0.15) is 0 Å². The Kier molecular flexibility index (Phi) is 5.24. The minimum absolute atomic E-state index is 0.321. The molecule has 0 saturated carbocycles. The zero-order valence-corrected chi connectivity index (χ0v) is 13.7. The first kappa shape index (κ1) is 14.5. The molecule has 0 aromatic carbocycles. The number of thiophene rings is 1. The number of rotatable bonds is 5. The minimum atomic E-state index is 0.321. The van der Waals surface area contributed by atoms with Crippen LogP contribution in [0.1, 0.15) is 43.2 Å². The van der Waals surface area contributed by atoms with Gasteiger partial charge < -0.3 is 10.1 Å². The molecule has 2 nitrogen and oxygen atoms in total. The van der Waals surface area contributed by atoms with Crippen molar-refractivity contribution < 1.29 is 4.74 Å². The predicted octanol–water partition coefficient (Wildman–Crippen LogP) is 4.28. The van der Waals surface area contributed by atoms with Crippen LogP contribution in [0.4, 0.5) is 0 Å². The van der Waals surface area contributed by atoms with Gasteiger partial charge in [0.15, 0.2) is 0 Å². The third-order valence-electron chi connectivity index (χ3n) is 3.57. The lowest BCUT2D eigenvalue weighted by Crippen LogP contribution is -2.34. The Morgan fingerprint density at radius 1 is 1.61 bits per heavy atom. The average molecular weight is 332 g/mol. The number of ether oxygens (including phenoxy) is 1. The molecule has 0 aliphatic carbocycles. The topological polar surface area (TPSA) is 21.3 Å². The van der Waals surface area contributed by atoms with E-state index in [0.29, 0.717) is 18.1 Å². The summed E-state index contributed by atoms with van der Waals surface area (Å²) in [4.78, 5) is 1.39. The van der Waals surface area contributed by atoms with E-state index in [0.717, 1.165) is 19.6 Å². The molecule has 2 rings (SSSR count). The molecule has 3 unspecified atom stereocenters. The second-order valence-corrected chi connectivity index (χ2v) is 7.54. The summed E-state index contributed by atoms with van der Waals surface area (Å²) in [5, 5.41) is 3.66. The van der Waals surface area contributed by atoms with Crippen molar-refractivity contribution in [1.82, 2.24) is 5.32 Å². The molecule has 18 heavy (non-hydrogen) atoms. The molecule has 1 saturated heterocycles. The molecule has 0 radical (unpaired) electrons. The van der Waals surface area contributed by atoms with Crippen molar-refractivity contribution >= 4 is 27.3 Å². The maximum atomic E-state index is 5.96. The summed E-state index contributed by atoms with van der Waals surface area (Å²) >= 11 is 5.46. The Hall–Kier alpha value is 0.1000. The molecule has 1 aliphatic heterocycles. The fraction of sp³-hybridized carbons (Fsp3) is 0.714. The van der Waals surface area contributed by atoms with E-state index >= 15 is 0 Å². The van der Waals surface area contributed by atoms with Crippen molar-refractivity contribution in [1.29, 1.82) is 0 Å². The normalized spacial score (nSPS) is 25.6. The summed E-state index contributed by atoms with van der Waals surface area (Å²) in [5.41, 5.74) is 1.32. The first-order valence-corrected chi connectivity index (χ1v) is 8.35. The van der Waals surface area contributed by atoms with Crippen LogP contribution in [-0.2, 0) is 4.74 Å². The van der Waals surface area contributed by atoms with Gasteiger partial charge in [-0.2, -0.15) is 0 Å². The lowest BCUT2D eigenvalue weighted by Gasteiger charge is -2.26. The smallest absolute Gasteiger partial charge is 0.0804 e. The number of hydrogen-bond donors (Lipinski definition) is 1. The van der Waals surface area contributed by atoms with E-state index in [1.165, 1.54) is 20.6 Å². The van der Waals surface area contributed by atoms with Crippen molar-refractivity contribution in [2.75, 3.05) is 13.2 Å². The number of halogens is 1. The third kappa shape index (κ3) is 3.16. The zero-order valence-electron chi connectivity index (χ0n) is 11.3. The molecule has 2 heterocycles. The fourth-order valence-corrected chi connectivity index (χ4v) is 4.14. The van der Waals surface area contributed by atoms with E-state index in [4.69, 9.17) is 4.74 Å². The standard InChI is InChI=1S/C14H22BrNOS/c1-4-6-16-12(13-9(2)5-7-17-13)11-8-10(3)14(15)18-11/h8-9,12-13,16H,4-7H2,1-3H3. The SMILES string of the molecule is CCCNC(c1cc(C)c(Br)s1)C1OCCC1C. The van der Waals surface area contributed by atoms with Gasteiger partial charge in [0.05, 0.1) is 15.9 Å². The van der Waals surface area contributed by atoms with Gasteiger partial charge in [-0.05, 0) is 59.8 Å². The zero-order chi connectivity index (χ0) is 13.1. The van der Waals surface area contributed by atoms with E-state index in [2.05, 4.69) is 48.1 Å². The van der Waals surface area contributed by atoms with Crippen molar-refractivity contribution in [3.8, 4) is 0 Å². The van der Waals surface area contributed by atoms with E-state index in [9.17, 15) is 0 Å². The molecule has 1 aromatic rings. The largest absolute Gasteiger partial charge is 0.376 e. The Bertz CT molecular complexity index is 374. The molecule has 1 N–H and O–H groups in total. The average Bonchev–Trinajstić information content (AvgIpc) is 2.88. The molecule has 0 spiro atoms. The van der Waals surface area contributed by atoms with Crippen LogP contribution in [0.15, 0.2) is 9.85 Å². The highest BCUT2D eigenvalue weighted by Gasteiger charge is 2.33. The van der Waals surface area contributed by atoms with E-state index in [1.54, 1.807) is 0 Å². The maximum absolute atomic E-state index is 5.96. The number of aryl methyl sites for hydroxylation is 1. The highest BCUT2D eigenvalue weighted by molar-refractivity contribution is 9.11. The monoisotopic (exact) mass is 331 g/mol. The molecule has 3 atom stereocenters.